The monoisotopic (exact) mass is 296 g/mol. The van der Waals surface area contributed by atoms with Crippen LogP contribution in [0.2, 0.25) is 0 Å². The number of nitro groups is 1. The van der Waals surface area contributed by atoms with Crippen LogP contribution in [0.25, 0.3) is 0 Å². The summed E-state index contributed by atoms with van der Waals surface area (Å²) >= 11 is 0. The minimum atomic E-state index is -0.966. The lowest BCUT2D eigenvalue weighted by atomic mass is 9.90. The fourth-order valence-corrected chi connectivity index (χ4v) is 2.64. The minimum absolute atomic E-state index is 0.0166. The molecule has 2 heterocycles. The van der Waals surface area contributed by atoms with Crippen LogP contribution >= 0.6 is 0 Å². The number of carbonyl (C=O) groups is 2. The number of amides is 1. The van der Waals surface area contributed by atoms with Crippen molar-refractivity contribution in [2.45, 2.75) is 20.3 Å². The van der Waals surface area contributed by atoms with Gasteiger partial charge in [-0.25, -0.2) is 0 Å². The third-order valence-electron chi connectivity index (χ3n) is 3.60. The molecule has 1 aromatic heterocycles. The van der Waals surface area contributed by atoms with Crippen LogP contribution in [0, 0.1) is 28.9 Å². The Bertz CT molecular complexity index is 596. The smallest absolute Gasteiger partial charge is 0.322 e. The molecule has 1 amide bonds. The molecule has 2 atom stereocenters. The predicted octanol–water partition coefficient (Wildman–Crippen LogP) is 0.809. The first-order valence-electron chi connectivity index (χ1n) is 6.52. The highest BCUT2D eigenvalue weighted by Gasteiger charge is 2.36. The zero-order chi connectivity index (χ0) is 15.7. The molecule has 9 nitrogen and oxygen atoms in total. The standard InChI is InChI=1S/C12H16N4O5/c1-6-3-8(12(18)19)5-15(4-6)11(17)9-10(16(20)21)7(2)13-14-9/h6,8H,3-5H2,1-2H3,(H,13,14)(H,18,19). The van der Waals surface area contributed by atoms with Gasteiger partial charge in [0.1, 0.15) is 5.69 Å². The number of aromatic amines is 1. The maximum absolute atomic E-state index is 12.4. The lowest BCUT2D eigenvalue weighted by Crippen LogP contribution is -2.45. The Kier molecular flexibility index (Phi) is 3.92. The molecule has 2 rings (SSSR count). The molecule has 114 valence electrons. The second-order valence-corrected chi connectivity index (χ2v) is 5.39. The molecule has 21 heavy (non-hydrogen) atoms. The molecule has 0 aromatic carbocycles. The fraction of sp³-hybridized carbons (Fsp3) is 0.583. The molecule has 0 saturated carbocycles. The number of aliphatic carboxylic acids is 1. The summed E-state index contributed by atoms with van der Waals surface area (Å²) in [5.41, 5.74) is -0.427. The number of aryl methyl sites for hydroxylation is 1. The molecule has 0 radical (unpaired) electrons. The first kappa shape index (κ1) is 14.9. The van der Waals surface area contributed by atoms with Crippen LogP contribution in [0.15, 0.2) is 0 Å². The van der Waals surface area contributed by atoms with Gasteiger partial charge >= 0.3 is 11.7 Å². The Morgan fingerprint density at radius 1 is 1.48 bits per heavy atom. The highest BCUT2D eigenvalue weighted by molar-refractivity contribution is 5.96. The highest BCUT2D eigenvalue weighted by atomic mass is 16.6. The number of carboxylic acids is 1. The summed E-state index contributed by atoms with van der Waals surface area (Å²) in [6.45, 7) is 3.72. The van der Waals surface area contributed by atoms with E-state index in [2.05, 4.69) is 10.2 Å². The van der Waals surface area contributed by atoms with Crippen LogP contribution < -0.4 is 0 Å². The van der Waals surface area contributed by atoms with Crippen molar-refractivity contribution in [2.75, 3.05) is 13.1 Å². The first-order valence-corrected chi connectivity index (χ1v) is 6.52. The zero-order valence-corrected chi connectivity index (χ0v) is 11.7. The summed E-state index contributed by atoms with van der Waals surface area (Å²) in [4.78, 5) is 35.2. The van der Waals surface area contributed by atoms with E-state index < -0.39 is 22.7 Å². The number of hydrogen-bond acceptors (Lipinski definition) is 5. The van der Waals surface area contributed by atoms with E-state index in [1.165, 1.54) is 11.8 Å². The van der Waals surface area contributed by atoms with Gasteiger partial charge in [-0.15, -0.1) is 0 Å². The minimum Gasteiger partial charge on any atom is -0.481 e. The molecule has 1 aliphatic heterocycles. The number of nitrogens with one attached hydrogen (secondary N) is 1. The summed E-state index contributed by atoms with van der Waals surface area (Å²) in [7, 11) is 0. The van der Waals surface area contributed by atoms with Crippen LogP contribution in [0.5, 0.6) is 0 Å². The van der Waals surface area contributed by atoms with Crippen molar-refractivity contribution in [1.82, 2.24) is 15.1 Å². The van der Waals surface area contributed by atoms with Crippen molar-refractivity contribution >= 4 is 17.6 Å². The molecular formula is C12H16N4O5. The van der Waals surface area contributed by atoms with Crippen molar-refractivity contribution in [3.63, 3.8) is 0 Å². The summed E-state index contributed by atoms with van der Waals surface area (Å²) in [5.74, 6) is -2.21. The highest BCUT2D eigenvalue weighted by Crippen LogP contribution is 2.26. The Hall–Kier alpha value is -2.45. The molecule has 2 unspecified atom stereocenters. The second-order valence-electron chi connectivity index (χ2n) is 5.39. The number of piperidine rings is 1. The molecule has 0 bridgehead atoms. The fourth-order valence-electron chi connectivity index (χ4n) is 2.64. The van der Waals surface area contributed by atoms with E-state index in [0.29, 0.717) is 13.0 Å². The Morgan fingerprint density at radius 2 is 2.14 bits per heavy atom. The van der Waals surface area contributed by atoms with Crippen molar-refractivity contribution in [2.24, 2.45) is 11.8 Å². The van der Waals surface area contributed by atoms with Gasteiger partial charge in [-0.2, -0.15) is 5.10 Å². The van der Waals surface area contributed by atoms with Crippen LogP contribution in [0.1, 0.15) is 29.5 Å². The lowest BCUT2D eigenvalue weighted by Gasteiger charge is -2.34. The second kappa shape index (κ2) is 5.51. The van der Waals surface area contributed by atoms with Crippen LogP contribution in [-0.4, -0.2) is 50.1 Å². The van der Waals surface area contributed by atoms with E-state index in [9.17, 15) is 19.7 Å². The molecule has 0 aliphatic carbocycles. The first-order chi connectivity index (χ1) is 9.81. The van der Waals surface area contributed by atoms with Gasteiger partial charge in [-0.05, 0) is 19.3 Å². The summed E-state index contributed by atoms with van der Waals surface area (Å²) in [5, 5.41) is 26.2. The molecule has 1 aliphatic rings. The topological polar surface area (TPSA) is 129 Å². The van der Waals surface area contributed by atoms with Gasteiger partial charge in [0.2, 0.25) is 5.69 Å². The van der Waals surface area contributed by atoms with Gasteiger partial charge in [0.05, 0.1) is 10.8 Å². The molecule has 0 spiro atoms. The van der Waals surface area contributed by atoms with E-state index in [1.807, 2.05) is 6.92 Å². The Balaban J connectivity index is 2.27. The summed E-state index contributed by atoms with van der Waals surface area (Å²) in [6, 6.07) is 0. The van der Waals surface area contributed by atoms with Crippen molar-refractivity contribution in [3.8, 4) is 0 Å². The van der Waals surface area contributed by atoms with Gasteiger partial charge in [0.15, 0.2) is 0 Å². The normalized spacial score (nSPS) is 22.1. The van der Waals surface area contributed by atoms with E-state index in [0.717, 1.165) is 0 Å². The van der Waals surface area contributed by atoms with E-state index in [-0.39, 0.29) is 29.5 Å². The van der Waals surface area contributed by atoms with Gasteiger partial charge in [0, 0.05) is 13.1 Å². The van der Waals surface area contributed by atoms with E-state index in [4.69, 9.17) is 5.11 Å². The van der Waals surface area contributed by atoms with Gasteiger partial charge < -0.3 is 10.0 Å². The Morgan fingerprint density at radius 3 is 2.71 bits per heavy atom. The quantitative estimate of drug-likeness (QED) is 0.627. The molecular weight excluding hydrogens is 280 g/mol. The number of carbonyl (C=O) groups excluding carboxylic acids is 1. The van der Waals surface area contributed by atoms with Crippen molar-refractivity contribution in [3.05, 3.63) is 21.5 Å². The number of likely N-dealkylation sites (tertiary alicyclic amines) is 1. The molecule has 1 saturated heterocycles. The zero-order valence-electron chi connectivity index (χ0n) is 11.7. The summed E-state index contributed by atoms with van der Waals surface area (Å²) in [6.07, 6.45) is 0.487. The van der Waals surface area contributed by atoms with E-state index in [1.54, 1.807) is 0 Å². The van der Waals surface area contributed by atoms with Gasteiger partial charge in [-0.3, -0.25) is 24.8 Å². The maximum atomic E-state index is 12.4. The summed E-state index contributed by atoms with van der Waals surface area (Å²) < 4.78 is 0. The molecule has 2 N–H and O–H groups in total. The number of hydrogen-bond donors (Lipinski definition) is 2. The molecule has 1 fully saturated rings. The number of nitrogens with zero attached hydrogens (tertiary/aromatic N) is 3. The third kappa shape index (κ3) is 2.86. The number of H-pyrrole nitrogens is 1. The largest absolute Gasteiger partial charge is 0.481 e. The van der Waals surface area contributed by atoms with Crippen LogP contribution in [0.3, 0.4) is 0 Å². The van der Waals surface area contributed by atoms with Gasteiger partial charge in [0.25, 0.3) is 5.91 Å². The number of rotatable bonds is 3. The average Bonchev–Trinajstić information content (AvgIpc) is 2.79. The number of carboxylic acid groups (broad SMARTS) is 1. The average molecular weight is 296 g/mol. The lowest BCUT2D eigenvalue weighted by molar-refractivity contribution is -0.385. The van der Waals surface area contributed by atoms with Crippen molar-refractivity contribution in [1.29, 1.82) is 0 Å². The van der Waals surface area contributed by atoms with Crippen molar-refractivity contribution < 1.29 is 19.6 Å². The maximum Gasteiger partial charge on any atom is 0.322 e. The number of aromatic nitrogens is 2. The van der Waals surface area contributed by atoms with Crippen LogP contribution in [0.4, 0.5) is 5.69 Å². The van der Waals surface area contributed by atoms with Gasteiger partial charge in [-0.1, -0.05) is 6.92 Å². The SMILES string of the molecule is Cc1[nH]nc(C(=O)N2CC(C)CC(C(=O)O)C2)c1[N+](=O)[O-]. The predicted molar refractivity (Wildman–Crippen MR) is 70.8 cm³/mol. The third-order valence-corrected chi connectivity index (χ3v) is 3.60. The molecule has 9 heteroatoms. The van der Waals surface area contributed by atoms with E-state index >= 15 is 0 Å². The Labute approximate surface area is 120 Å². The molecule has 1 aromatic rings. The van der Waals surface area contributed by atoms with Crippen LogP contribution in [-0.2, 0) is 4.79 Å².